The molecule has 0 aromatic carbocycles. The molecule has 5 heteroatoms. The van der Waals surface area contributed by atoms with Gasteiger partial charge in [-0.05, 0) is 11.8 Å². The van der Waals surface area contributed by atoms with Crippen molar-refractivity contribution < 1.29 is 23.8 Å². The summed E-state index contributed by atoms with van der Waals surface area (Å²) in [7, 11) is 0. The number of ether oxygens (including phenoxy) is 3. The van der Waals surface area contributed by atoms with E-state index in [9.17, 15) is 9.59 Å². The third kappa shape index (κ3) is 19.1. The summed E-state index contributed by atoms with van der Waals surface area (Å²) in [6.07, 6.45) is 11.0. The van der Waals surface area contributed by atoms with Gasteiger partial charge in [0.25, 0.3) is 0 Å². The fraction of sp³-hybridized carbons (Fsp3) is 0.900. The van der Waals surface area contributed by atoms with Crippen molar-refractivity contribution in [3.8, 4) is 0 Å². The van der Waals surface area contributed by atoms with Crippen molar-refractivity contribution in [3.63, 3.8) is 0 Å². The minimum atomic E-state index is -0.457. The maximum Gasteiger partial charge on any atom is 0.332 e. The van der Waals surface area contributed by atoms with Gasteiger partial charge >= 0.3 is 11.9 Å². The molecule has 0 saturated heterocycles. The van der Waals surface area contributed by atoms with Crippen molar-refractivity contribution in [1.82, 2.24) is 0 Å². The first-order chi connectivity index (χ1) is 11.8. The smallest absolute Gasteiger partial charge is 0.332 e. The predicted octanol–water partition coefficient (Wildman–Crippen LogP) is 4.67. The SMILES string of the molecule is CCCCCCCCCCCOC(=O)COCC(=O)OCC(C)(C)C. The molecule has 0 heterocycles. The molecule has 0 radical (unpaired) electrons. The third-order valence-corrected chi connectivity index (χ3v) is 3.62. The summed E-state index contributed by atoms with van der Waals surface area (Å²) in [5.74, 6) is -0.884. The van der Waals surface area contributed by atoms with Gasteiger partial charge in [-0.1, -0.05) is 79.1 Å². The highest BCUT2D eigenvalue weighted by atomic mass is 16.6. The van der Waals surface area contributed by atoms with Gasteiger partial charge in [0.1, 0.15) is 13.2 Å². The van der Waals surface area contributed by atoms with E-state index in [2.05, 4.69) is 6.92 Å². The number of hydrogen-bond donors (Lipinski definition) is 0. The van der Waals surface area contributed by atoms with Crippen LogP contribution in [0.15, 0.2) is 0 Å². The molecule has 0 aliphatic heterocycles. The van der Waals surface area contributed by atoms with E-state index in [-0.39, 0.29) is 18.6 Å². The van der Waals surface area contributed by atoms with E-state index in [1.165, 1.54) is 44.9 Å². The summed E-state index contributed by atoms with van der Waals surface area (Å²) >= 11 is 0. The van der Waals surface area contributed by atoms with Crippen molar-refractivity contribution >= 4 is 11.9 Å². The van der Waals surface area contributed by atoms with Gasteiger partial charge in [-0.25, -0.2) is 9.59 Å². The van der Waals surface area contributed by atoms with Gasteiger partial charge in [0, 0.05) is 0 Å². The number of carbonyl (C=O) groups excluding carboxylic acids is 2. The minimum absolute atomic E-state index is 0.0793. The second kappa shape index (κ2) is 15.2. The molecular formula is C20H38O5. The van der Waals surface area contributed by atoms with Crippen molar-refractivity contribution in [3.05, 3.63) is 0 Å². The molecule has 0 N–H and O–H groups in total. The van der Waals surface area contributed by atoms with Crippen molar-refractivity contribution in [2.75, 3.05) is 26.4 Å². The Hall–Kier alpha value is -1.10. The molecule has 148 valence electrons. The van der Waals surface area contributed by atoms with E-state index < -0.39 is 11.9 Å². The molecule has 0 amide bonds. The molecule has 0 fully saturated rings. The van der Waals surface area contributed by atoms with Gasteiger partial charge in [-0.3, -0.25) is 0 Å². The van der Waals surface area contributed by atoms with E-state index in [0.29, 0.717) is 13.2 Å². The van der Waals surface area contributed by atoms with Crippen molar-refractivity contribution in [2.45, 2.75) is 85.5 Å². The van der Waals surface area contributed by atoms with Gasteiger partial charge in [0.2, 0.25) is 0 Å². The summed E-state index contributed by atoms with van der Waals surface area (Å²) in [6.45, 7) is 8.49. The lowest BCUT2D eigenvalue weighted by Gasteiger charge is -2.17. The Kier molecular flexibility index (Phi) is 14.5. The second-order valence-electron chi connectivity index (χ2n) is 7.76. The first kappa shape index (κ1) is 23.9. The number of unbranched alkanes of at least 4 members (excludes halogenated alkanes) is 8. The van der Waals surface area contributed by atoms with Gasteiger partial charge in [0.15, 0.2) is 0 Å². The summed E-state index contributed by atoms with van der Waals surface area (Å²) in [5, 5.41) is 0. The zero-order chi connectivity index (χ0) is 19.0. The highest BCUT2D eigenvalue weighted by Crippen LogP contribution is 2.12. The maximum absolute atomic E-state index is 11.5. The number of carbonyl (C=O) groups is 2. The van der Waals surface area contributed by atoms with Crippen LogP contribution in [0.4, 0.5) is 0 Å². The molecule has 0 saturated carbocycles. The number of hydrogen-bond acceptors (Lipinski definition) is 5. The normalized spacial score (nSPS) is 11.4. The van der Waals surface area contributed by atoms with Gasteiger partial charge < -0.3 is 14.2 Å². The molecule has 25 heavy (non-hydrogen) atoms. The Morgan fingerprint density at radius 3 is 1.72 bits per heavy atom. The number of esters is 2. The lowest BCUT2D eigenvalue weighted by Crippen LogP contribution is -2.23. The highest BCUT2D eigenvalue weighted by molar-refractivity contribution is 5.73. The van der Waals surface area contributed by atoms with Crippen LogP contribution in [0.3, 0.4) is 0 Å². The topological polar surface area (TPSA) is 61.8 Å². The van der Waals surface area contributed by atoms with Crippen LogP contribution >= 0.6 is 0 Å². The van der Waals surface area contributed by atoms with Crippen LogP contribution in [0.1, 0.15) is 85.5 Å². The molecule has 0 atom stereocenters. The fourth-order valence-corrected chi connectivity index (χ4v) is 2.20. The summed E-state index contributed by atoms with van der Waals surface area (Å²) < 4.78 is 15.1. The molecule has 0 unspecified atom stereocenters. The van der Waals surface area contributed by atoms with Crippen LogP contribution in [0, 0.1) is 5.41 Å². The average molecular weight is 359 g/mol. The molecule has 0 aromatic heterocycles. The second-order valence-corrected chi connectivity index (χ2v) is 7.76. The van der Waals surface area contributed by atoms with Crippen LogP contribution in [-0.4, -0.2) is 38.4 Å². The summed E-state index contributed by atoms with van der Waals surface area (Å²) in [4.78, 5) is 22.9. The molecule has 0 rings (SSSR count). The summed E-state index contributed by atoms with van der Waals surface area (Å²) in [5.41, 5.74) is -0.0793. The average Bonchev–Trinajstić information content (AvgIpc) is 2.54. The molecular weight excluding hydrogens is 320 g/mol. The fourth-order valence-electron chi connectivity index (χ4n) is 2.20. The Morgan fingerprint density at radius 2 is 1.20 bits per heavy atom. The van der Waals surface area contributed by atoms with Crippen molar-refractivity contribution in [2.24, 2.45) is 5.41 Å². The zero-order valence-electron chi connectivity index (χ0n) is 16.7. The minimum Gasteiger partial charge on any atom is -0.464 e. The van der Waals surface area contributed by atoms with E-state index in [4.69, 9.17) is 14.2 Å². The van der Waals surface area contributed by atoms with E-state index in [0.717, 1.165) is 12.8 Å². The van der Waals surface area contributed by atoms with Crippen LogP contribution in [0.25, 0.3) is 0 Å². The first-order valence-corrected chi connectivity index (χ1v) is 9.74. The van der Waals surface area contributed by atoms with Crippen LogP contribution < -0.4 is 0 Å². The Bertz CT molecular complexity index is 346. The number of rotatable bonds is 15. The van der Waals surface area contributed by atoms with Gasteiger partial charge in [-0.15, -0.1) is 0 Å². The van der Waals surface area contributed by atoms with Crippen LogP contribution in [0.2, 0.25) is 0 Å². The van der Waals surface area contributed by atoms with E-state index in [1.807, 2.05) is 20.8 Å². The highest BCUT2D eigenvalue weighted by Gasteiger charge is 2.14. The zero-order valence-corrected chi connectivity index (χ0v) is 16.7. The largest absolute Gasteiger partial charge is 0.464 e. The van der Waals surface area contributed by atoms with Crippen LogP contribution in [0.5, 0.6) is 0 Å². The van der Waals surface area contributed by atoms with Crippen molar-refractivity contribution in [1.29, 1.82) is 0 Å². The molecule has 0 aliphatic carbocycles. The van der Waals surface area contributed by atoms with E-state index >= 15 is 0 Å². The monoisotopic (exact) mass is 358 g/mol. The van der Waals surface area contributed by atoms with Crippen LogP contribution in [-0.2, 0) is 23.8 Å². The predicted molar refractivity (Wildman–Crippen MR) is 99.4 cm³/mol. The quantitative estimate of drug-likeness (QED) is 0.314. The summed E-state index contributed by atoms with van der Waals surface area (Å²) in [6, 6.07) is 0. The maximum atomic E-state index is 11.5. The van der Waals surface area contributed by atoms with Gasteiger partial charge in [0.05, 0.1) is 13.2 Å². The molecule has 0 aromatic rings. The molecule has 0 spiro atoms. The third-order valence-electron chi connectivity index (χ3n) is 3.62. The first-order valence-electron chi connectivity index (χ1n) is 9.74. The van der Waals surface area contributed by atoms with E-state index in [1.54, 1.807) is 0 Å². The lowest BCUT2D eigenvalue weighted by atomic mass is 9.99. The lowest BCUT2D eigenvalue weighted by molar-refractivity contribution is -0.157. The Balaban J connectivity index is 3.37. The van der Waals surface area contributed by atoms with Gasteiger partial charge in [-0.2, -0.15) is 0 Å². The molecule has 0 aliphatic rings. The Labute approximate surface area is 153 Å². The molecule has 0 bridgehead atoms. The molecule has 5 nitrogen and oxygen atoms in total. The Morgan fingerprint density at radius 1 is 0.720 bits per heavy atom. The standard InChI is InChI=1S/C20H38O5/c1-5-6-7-8-9-10-11-12-13-14-24-18(21)15-23-16-19(22)25-17-20(2,3)4/h5-17H2,1-4H3.